The number of nitrogens with zero attached hydrogens (tertiary/aromatic N) is 2. The van der Waals surface area contributed by atoms with Crippen LogP contribution in [0.1, 0.15) is 19.8 Å². The van der Waals surface area contributed by atoms with E-state index in [1.54, 1.807) is 0 Å². The molecular formula is C10H21N2+. The second-order valence-corrected chi connectivity index (χ2v) is 4.19. The van der Waals surface area contributed by atoms with Gasteiger partial charge in [-0.2, -0.15) is 0 Å². The van der Waals surface area contributed by atoms with Gasteiger partial charge < -0.3 is 4.48 Å². The average Bonchev–Trinajstić information content (AvgIpc) is 1.95. The molecule has 2 heteroatoms. The molecule has 0 fully saturated rings. The lowest BCUT2D eigenvalue weighted by Crippen LogP contribution is -2.36. The van der Waals surface area contributed by atoms with Crippen LogP contribution in [0.15, 0.2) is 4.99 Å². The van der Waals surface area contributed by atoms with Gasteiger partial charge in [-0.1, -0.05) is 0 Å². The van der Waals surface area contributed by atoms with Crippen molar-refractivity contribution in [3.05, 3.63) is 6.92 Å². The highest BCUT2D eigenvalue weighted by Crippen LogP contribution is 2.01. The molecule has 0 aliphatic carbocycles. The summed E-state index contributed by atoms with van der Waals surface area (Å²) in [5, 5.41) is 0. The van der Waals surface area contributed by atoms with E-state index in [2.05, 4.69) is 46.2 Å². The third-order valence-electron chi connectivity index (χ3n) is 1.64. The minimum Gasteiger partial charge on any atom is -0.331 e. The molecule has 1 atom stereocenters. The Kier molecular flexibility index (Phi) is 5.14. The molecule has 0 saturated heterocycles. The first-order chi connectivity index (χ1) is 5.45. The van der Waals surface area contributed by atoms with Gasteiger partial charge in [-0.05, 0) is 20.3 Å². The van der Waals surface area contributed by atoms with Crippen molar-refractivity contribution in [2.24, 2.45) is 4.99 Å². The van der Waals surface area contributed by atoms with E-state index in [-0.39, 0.29) is 0 Å². The van der Waals surface area contributed by atoms with Gasteiger partial charge in [-0.15, -0.1) is 0 Å². The Bertz CT molecular complexity index is 133. The summed E-state index contributed by atoms with van der Waals surface area (Å²) in [5.74, 6) is 0. The van der Waals surface area contributed by atoms with E-state index in [0.717, 1.165) is 17.4 Å². The topological polar surface area (TPSA) is 12.4 Å². The quantitative estimate of drug-likeness (QED) is 0.438. The Morgan fingerprint density at radius 1 is 1.42 bits per heavy atom. The van der Waals surface area contributed by atoms with Gasteiger partial charge in [0.2, 0.25) is 0 Å². The first-order valence-corrected chi connectivity index (χ1v) is 4.48. The summed E-state index contributed by atoms with van der Waals surface area (Å²) >= 11 is 0. The zero-order chi connectivity index (χ0) is 9.61. The molecule has 0 aromatic rings. The number of aliphatic imine (C=N–C) groups is 1. The van der Waals surface area contributed by atoms with Crippen molar-refractivity contribution >= 4 is 6.21 Å². The van der Waals surface area contributed by atoms with Crippen molar-refractivity contribution in [3.63, 3.8) is 0 Å². The monoisotopic (exact) mass is 169 g/mol. The molecule has 2 nitrogen and oxygen atoms in total. The first kappa shape index (κ1) is 11.6. The van der Waals surface area contributed by atoms with Gasteiger partial charge in [0, 0.05) is 6.42 Å². The van der Waals surface area contributed by atoms with Crippen LogP contribution in [0.3, 0.4) is 0 Å². The molecule has 0 amide bonds. The SMILES string of the molecule is [CH2]C/[C]=N/C(C)CC[N+](C)(C)C. The Balaban J connectivity index is 3.57. The highest BCUT2D eigenvalue weighted by molar-refractivity contribution is 5.57. The fourth-order valence-corrected chi connectivity index (χ4v) is 0.859. The largest absolute Gasteiger partial charge is 0.331 e. The van der Waals surface area contributed by atoms with Gasteiger partial charge in [0.25, 0.3) is 0 Å². The number of hydrogen-bond donors (Lipinski definition) is 0. The summed E-state index contributed by atoms with van der Waals surface area (Å²) in [6.07, 6.45) is 4.69. The van der Waals surface area contributed by atoms with Crippen molar-refractivity contribution in [2.75, 3.05) is 27.7 Å². The molecule has 0 aliphatic heterocycles. The van der Waals surface area contributed by atoms with Gasteiger partial charge in [-0.3, -0.25) is 4.99 Å². The van der Waals surface area contributed by atoms with Gasteiger partial charge >= 0.3 is 0 Å². The lowest BCUT2D eigenvalue weighted by atomic mass is 10.2. The van der Waals surface area contributed by atoms with Crippen LogP contribution in [0.4, 0.5) is 0 Å². The Morgan fingerprint density at radius 2 is 2.00 bits per heavy atom. The smallest absolute Gasteiger partial charge is 0.0801 e. The lowest BCUT2D eigenvalue weighted by Gasteiger charge is -2.24. The van der Waals surface area contributed by atoms with Crippen LogP contribution in [0.5, 0.6) is 0 Å². The molecule has 0 aliphatic rings. The first-order valence-electron chi connectivity index (χ1n) is 4.48. The van der Waals surface area contributed by atoms with Crippen LogP contribution in [0.25, 0.3) is 0 Å². The van der Waals surface area contributed by atoms with Crippen LogP contribution in [-0.4, -0.2) is 44.4 Å². The summed E-state index contributed by atoms with van der Waals surface area (Å²) in [5.41, 5.74) is 0. The molecule has 0 aromatic carbocycles. The second-order valence-electron chi connectivity index (χ2n) is 4.19. The zero-order valence-corrected chi connectivity index (χ0v) is 8.80. The Morgan fingerprint density at radius 3 is 2.42 bits per heavy atom. The molecule has 0 rings (SSSR count). The minimum absolute atomic E-state index is 0.393. The third-order valence-corrected chi connectivity index (χ3v) is 1.64. The summed E-state index contributed by atoms with van der Waals surface area (Å²) < 4.78 is 1.00. The van der Waals surface area contributed by atoms with Gasteiger partial charge in [0.1, 0.15) is 0 Å². The maximum absolute atomic E-state index is 4.22. The van der Waals surface area contributed by atoms with Gasteiger partial charge in [0.15, 0.2) is 0 Å². The predicted molar refractivity (Wildman–Crippen MR) is 54.4 cm³/mol. The predicted octanol–water partition coefficient (Wildman–Crippen LogP) is 1.64. The summed E-state index contributed by atoms with van der Waals surface area (Å²) in [4.78, 5) is 4.22. The molecule has 2 radical (unpaired) electrons. The molecule has 0 saturated carbocycles. The van der Waals surface area contributed by atoms with E-state index in [9.17, 15) is 0 Å². The molecule has 0 aromatic heterocycles. The number of rotatable bonds is 5. The van der Waals surface area contributed by atoms with Crippen molar-refractivity contribution in [3.8, 4) is 0 Å². The Labute approximate surface area is 76.9 Å². The van der Waals surface area contributed by atoms with E-state index in [1.807, 2.05) is 0 Å². The fourth-order valence-electron chi connectivity index (χ4n) is 0.859. The highest BCUT2D eigenvalue weighted by Gasteiger charge is 2.08. The molecule has 1 unspecified atom stereocenters. The van der Waals surface area contributed by atoms with Crippen LogP contribution in [0.2, 0.25) is 0 Å². The van der Waals surface area contributed by atoms with Crippen LogP contribution >= 0.6 is 0 Å². The maximum atomic E-state index is 4.22. The number of quaternary nitrogens is 1. The van der Waals surface area contributed by atoms with E-state index in [4.69, 9.17) is 0 Å². The zero-order valence-electron chi connectivity index (χ0n) is 8.80. The molecule has 0 heterocycles. The number of hydrogen-bond acceptors (Lipinski definition) is 1. The van der Waals surface area contributed by atoms with Crippen LogP contribution < -0.4 is 0 Å². The van der Waals surface area contributed by atoms with Crippen molar-refractivity contribution in [1.82, 2.24) is 0 Å². The molecule has 12 heavy (non-hydrogen) atoms. The molecule has 0 N–H and O–H groups in total. The molecular weight excluding hydrogens is 148 g/mol. The van der Waals surface area contributed by atoms with Crippen molar-refractivity contribution in [2.45, 2.75) is 25.8 Å². The lowest BCUT2D eigenvalue weighted by molar-refractivity contribution is -0.870. The van der Waals surface area contributed by atoms with Gasteiger partial charge in [0.05, 0.1) is 39.9 Å². The summed E-state index contributed by atoms with van der Waals surface area (Å²) in [6.45, 7) is 6.94. The Hall–Kier alpha value is -0.370. The summed E-state index contributed by atoms with van der Waals surface area (Å²) in [7, 11) is 6.59. The van der Waals surface area contributed by atoms with Crippen LogP contribution in [-0.2, 0) is 0 Å². The molecule has 0 bridgehead atoms. The van der Waals surface area contributed by atoms with Crippen LogP contribution in [0, 0.1) is 6.92 Å². The second kappa shape index (κ2) is 5.31. The fraction of sp³-hybridized carbons (Fsp3) is 0.800. The van der Waals surface area contributed by atoms with Crippen molar-refractivity contribution < 1.29 is 4.48 Å². The van der Waals surface area contributed by atoms with Gasteiger partial charge in [-0.25, -0.2) is 0 Å². The van der Waals surface area contributed by atoms with E-state index in [1.165, 1.54) is 0 Å². The maximum Gasteiger partial charge on any atom is 0.0801 e. The van der Waals surface area contributed by atoms with E-state index < -0.39 is 0 Å². The molecule has 0 spiro atoms. The van der Waals surface area contributed by atoms with E-state index >= 15 is 0 Å². The minimum atomic E-state index is 0.393. The highest BCUT2D eigenvalue weighted by atomic mass is 15.3. The standard InChI is InChI=1S/C10H21N2/c1-6-8-11-10(2)7-9-12(3,4)5/h10H,1,6-7,9H2,2-5H3/q+1. The normalized spacial score (nSPS) is 15.4. The van der Waals surface area contributed by atoms with Crippen molar-refractivity contribution in [1.29, 1.82) is 0 Å². The average molecular weight is 169 g/mol. The third kappa shape index (κ3) is 7.73. The molecule has 70 valence electrons. The summed E-state index contributed by atoms with van der Waals surface area (Å²) in [6, 6.07) is 0.393. The van der Waals surface area contributed by atoms with E-state index in [0.29, 0.717) is 12.5 Å².